The molecule has 2 aromatic carbocycles. The molecule has 2 aromatic heterocycles. The number of hydrogen-bond acceptors (Lipinski definition) is 3. The summed E-state index contributed by atoms with van der Waals surface area (Å²) in [6.07, 6.45) is 1.72. The highest BCUT2D eigenvalue weighted by Gasteiger charge is 2.25. The summed E-state index contributed by atoms with van der Waals surface area (Å²) in [4.78, 5) is 25.9. The third kappa shape index (κ3) is 4.22. The van der Waals surface area contributed by atoms with Crippen LogP contribution >= 0.6 is 15.9 Å². The summed E-state index contributed by atoms with van der Waals surface area (Å²) in [6.45, 7) is 2.45. The van der Waals surface area contributed by atoms with Gasteiger partial charge in [0, 0.05) is 21.7 Å². The van der Waals surface area contributed by atoms with Crippen molar-refractivity contribution in [1.82, 2.24) is 4.40 Å². The van der Waals surface area contributed by atoms with Crippen LogP contribution in [0.3, 0.4) is 0 Å². The Morgan fingerprint density at radius 3 is 2.55 bits per heavy atom. The number of amides is 1. The van der Waals surface area contributed by atoms with Crippen molar-refractivity contribution in [3.05, 3.63) is 88.9 Å². The second-order valence-corrected chi connectivity index (χ2v) is 7.68. The monoisotopic (exact) mass is 480 g/mol. The molecule has 0 aliphatic heterocycles. The Balaban J connectivity index is 1.74. The number of fused-ring (bicyclic) bond motifs is 1. The Kier molecular flexibility index (Phi) is 5.86. The number of halogens is 2. The number of ether oxygens (including phenoxy) is 1. The molecule has 0 saturated heterocycles. The van der Waals surface area contributed by atoms with Crippen molar-refractivity contribution in [1.29, 1.82) is 0 Å². The van der Waals surface area contributed by atoms with Gasteiger partial charge in [0.1, 0.15) is 17.3 Å². The molecule has 156 valence electrons. The van der Waals surface area contributed by atoms with Gasteiger partial charge in [-0.05, 0) is 61.0 Å². The average Bonchev–Trinajstić information content (AvgIpc) is 3.15. The van der Waals surface area contributed by atoms with Crippen LogP contribution in [-0.2, 0) is 4.79 Å². The molecule has 4 aromatic rings. The first-order chi connectivity index (χ1) is 15.0. The zero-order valence-corrected chi connectivity index (χ0v) is 18.1. The number of hydrogen-bond donors (Lipinski definition) is 1. The second-order valence-electron chi connectivity index (χ2n) is 6.77. The summed E-state index contributed by atoms with van der Waals surface area (Å²) < 4.78 is 21.8. The van der Waals surface area contributed by atoms with Crippen LogP contribution in [0.5, 0.6) is 5.75 Å². The van der Waals surface area contributed by atoms with Crippen molar-refractivity contribution in [3.8, 4) is 16.9 Å². The lowest BCUT2D eigenvalue weighted by atomic mass is 10.0. The predicted octanol–water partition coefficient (Wildman–Crippen LogP) is 5.73. The fraction of sp³-hybridized carbons (Fsp3) is 0.0833. The highest BCUT2D eigenvalue weighted by molar-refractivity contribution is 9.10. The van der Waals surface area contributed by atoms with Crippen LogP contribution in [0, 0.1) is 5.82 Å². The van der Waals surface area contributed by atoms with Crippen molar-refractivity contribution in [2.45, 2.75) is 6.92 Å². The van der Waals surface area contributed by atoms with Crippen LogP contribution in [0.15, 0.2) is 77.4 Å². The fourth-order valence-corrected chi connectivity index (χ4v) is 3.68. The van der Waals surface area contributed by atoms with E-state index >= 15 is 0 Å². The lowest BCUT2D eigenvalue weighted by Crippen LogP contribution is -2.25. The van der Waals surface area contributed by atoms with Crippen LogP contribution < -0.4 is 10.1 Å². The predicted molar refractivity (Wildman–Crippen MR) is 121 cm³/mol. The molecule has 2 heterocycles. The molecule has 5 nitrogen and oxygen atoms in total. The van der Waals surface area contributed by atoms with E-state index in [-0.39, 0.29) is 11.4 Å². The van der Waals surface area contributed by atoms with Gasteiger partial charge in [-0.15, -0.1) is 0 Å². The Bertz CT molecular complexity index is 1280. The standard InChI is InChI=1S/C24H18BrFN2O3/c1-2-31-18-9-6-15(7-10-18)19-14-17-5-3-4-12-28(17)22(19)23(29)24(30)27-21-11-8-16(25)13-20(21)26/h3-14H,2H2,1H3,(H,27,30). The summed E-state index contributed by atoms with van der Waals surface area (Å²) in [5, 5.41) is 2.38. The van der Waals surface area contributed by atoms with Gasteiger partial charge in [0.2, 0.25) is 0 Å². The van der Waals surface area contributed by atoms with Crippen LogP contribution in [0.2, 0.25) is 0 Å². The summed E-state index contributed by atoms with van der Waals surface area (Å²) in [5.74, 6) is -1.61. The van der Waals surface area contributed by atoms with Crippen LogP contribution in [0.4, 0.5) is 10.1 Å². The van der Waals surface area contributed by atoms with E-state index in [1.807, 2.05) is 49.4 Å². The number of benzene rings is 2. The number of nitrogens with zero attached hydrogens (tertiary/aromatic N) is 1. The minimum Gasteiger partial charge on any atom is -0.494 e. The Labute approximate surface area is 186 Å². The Hall–Kier alpha value is -3.45. The summed E-state index contributed by atoms with van der Waals surface area (Å²) in [6, 6.07) is 18.8. The second kappa shape index (κ2) is 8.73. The van der Waals surface area contributed by atoms with Gasteiger partial charge in [-0.3, -0.25) is 9.59 Å². The SMILES string of the molecule is CCOc1ccc(-c2cc3ccccn3c2C(=O)C(=O)Nc2ccc(Br)cc2F)cc1. The normalized spacial score (nSPS) is 10.8. The number of ketones is 1. The molecule has 0 spiro atoms. The summed E-state index contributed by atoms with van der Waals surface area (Å²) in [5.41, 5.74) is 2.26. The molecule has 4 rings (SSSR count). The topological polar surface area (TPSA) is 59.8 Å². The minimum absolute atomic E-state index is 0.0648. The molecule has 0 aliphatic rings. The zero-order valence-electron chi connectivity index (χ0n) is 16.6. The summed E-state index contributed by atoms with van der Waals surface area (Å²) in [7, 11) is 0. The van der Waals surface area contributed by atoms with E-state index in [0.717, 1.165) is 11.1 Å². The Morgan fingerprint density at radius 2 is 1.84 bits per heavy atom. The number of aromatic nitrogens is 1. The zero-order chi connectivity index (χ0) is 22.0. The van der Waals surface area contributed by atoms with Crippen molar-refractivity contribution in [2.75, 3.05) is 11.9 Å². The molecule has 0 aliphatic carbocycles. The van der Waals surface area contributed by atoms with Crippen molar-refractivity contribution in [2.24, 2.45) is 0 Å². The van der Waals surface area contributed by atoms with Gasteiger partial charge in [-0.25, -0.2) is 4.39 Å². The molecule has 1 amide bonds. The first-order valence-electron chi connectivity index (χ1n) is 9.62. The average molecular weight is 481 g/mol. The first-order valence-corrected chi connectivity index (χ1v) is 10.4. The first kappa shape index (κ1) is 20.8. The van der Waals surface area contributed by atoms with Gasteiger partial charge in [0.25, 0.3) is 11.7 Å². The molecule has 0 radical (unpaired) electrons. The van der Waals surface area contributed by atoms with Gasteiger partial charge in [0.05, 0.1) is 12.3 Å². The largest absolute Gasteiger partial charge is 0.494 e. The van der Waals surface area contributed by atoms with E-state index in [9.17, 15) is 14.0 Å². The number of carbonyl (C=O) groups excluding carboxylic acids is 2. The lowest BCUT2D eigenvalue weighted by molar-refractivity contribution is -0.112. The number of Topliss-reactive ketones (excluding diaryl/α,β-unsaturated/α-hetero) is 1. The van der Waals surface area contributed by atoms with Gasteiger partial charge < -0.3 is 14.5 Å². The van der Waals surface area contributed by atoms with E-state index in [2.05, 4.69) is 21.2 Å². The fourth-order valence-electron chi connectivity index (χ4n) is 3.35. The van der Waals surface area contributed by atoms with E-state index in [1.165, 1.54) is 12.1 Å². The molecule has 0 bridgehead atoms. The maximum atomic E-state index is 14.1. The highest BCUT2D eigenvalue weighted by atomic mass is 79.9. The van der Waals surface area contributed by atoms with Gasteiger partial charge >= 0.3 is 0 Å². The highest BCUT2D eigenvalue weighted by Crippen LogP contribution is 2.30. The number of rotatable bonds is 6. The van der Waals surface area contributed by atoms with Gasteiger partial charge in [-0.1, -0.05) is 34.1 Å². The molecule has 0 fully saturated rings. The number of pyridine rings is 1. The van der Waals surface area contributed by atoms with E-state index < -0.39 is 17.5 Å². The number of anilines is 1. The molecular weight excluding hydrogens is 463 g/mol. The minimum atomic E-state index is -0.919. The molecule has 0 atom stereocenters. The smallest absolute Gasteiger partial charge is 0.298 e. The van der Waals surface area contributed by atoms with Gasteiger partial charge in [0.15, 0.2) is 0 Å². The summed E-state index contributed by atoms with van der Waals surface area (Å²) >= 11 is 3.17. The third-order valence-corrected chi connectivity index (χ3v) is 5.25. The molecule has 31 heavy (non-hydrogen) atoms. The molecule has 0 unspecified atom stereocenters. The maximum Gasteiger partial charge on any atom is 0.298 e. The number of nitrogens with one attached hydrogen (secondary N) is 1. The molecule has 1 N–H and O–H groups in total. The Morgan fingerprint density at radius 1 is 1.06 bits per heavy atom. The third-order valence-electron chi connectivity index (χ3n) is 4.76. The van der Waals surface area contributed by atoms with Crippen LogP contribution in [0.1, 0.15) is 17.4 Å². The number of carbonyl (C=O) groups is 2. The van der Waals surface area contributed by atoms with Gasteiger partial charge in [-0.2, -0.15) is 0 Å². The molecular formula is C24H18BrFN2O3. The van der Waals surface area contributed by atoms with Crippen LogP contribution in [0.25, 0.3) is 16.6 Å². The van der Waals surface area contributed by atoms with E-state index in [4.69, 9.17) is 4.74 Å². The molecule has 0 saturated carbocycles. The van der Waals surface area contributed by atoms with E-state index in [1.54, 1.807) is 22.7 Å². The quantitative estimate of drug-likeness (QED) is 0.283. The maximum absolute atomic E-state index is 14.1. The van der Waals surface area contributed by atoms with Crippen molar-refractivity contribution in [3.63, 3.8) is 0 Å². The lowest BCUT2D eigenvalue weighted by Gasteiger charge is -2.09. The molecule has 7 heteroatoms. The van der Waals surface area contributed by atoms with E-state index in [0.29, 0.717) is 22.4 Å². The van der Waals surface area contributed by atoms with Crippen LogP contribution in [-0.4, -0.2) is 22.7 Å². The van der Waals surface area contributed by atoms with Crippen molar-refractivity contribution >= 4 is 38.8 Å². The van der Waals surface area contributed by atoms with Crippen molar-refractivity contribution < 1.29 is 18.7 Å².